The Bertz CT molecular complexity index is 763. The summed E-state index contributed by atoms with van der Waals surface area (Å²) in [5.74, 6) is -1.03. The van der Waals surface area contributed by atoms with E-state index in [0.29, 0.717) is 21.3 Å². The van der Waals surface area contributed by atoms with Crippen LogP contribution in [-0.4, -0.2) is 11.8 Å². The van der Waals surface area contributed by atoms with Crippen LogP contribution in [0, 0.1) is 11.3 Å². The van der Waals surface area contributed by atoms with Gasteiger partial charge in [-0.1, -0.05) is 29.3 Å². The molecule has 0 fully saturated rings. The van der Waals surface area contributed by atoms with E-state index in [1.165, 1.54) is 0 Å². The summed E-state index contributed by atoms with van der Waals surface area (Å²) in [6.45, 7) is 0. The second kappa shape index (κ2) is 7.63. The highest BCUT2D eigenvalue weighted by atomic mass is 35.5. The van der Waals surface area contributed by atoms with E-state index < -0.39 is 11.8 Å². The highest BCUT2D eigenvalue weighted by molar-refractivity contribution is 6.39. The monoisotopic (exact) mass is 347 g/mol. The van der Waals surface area contributed by atoms with E-state index >= 15 is 0 Å². The predicted octanol–water partition coefficient (Wildman–Crippen LogP) is 3.83. The number of nitriles is 1. The smallest absolute Gasteiger partial charge is 0.233 e. The molecule has 0 atom stereocenters. The zero-order valence-electron chi connectivity index (χ0n) is 11.8. The van der Waals surface area contributed by atoms with Gasteiger partial charge in [0.1, 0.15) is 6.42 Å². The van der Waals surface area contributed by atoms with Gasteiger partial charge in [-0.25, -0.2) is 0 Å². The van der Waals surface area contributed by atoms with Crippen molar-refractivity contribution < 1.29 is 9.59 Å². The molecule has 0 unspecified atom stereocenters. The van der Waals surface area contributed by atoms with E-state index in [0.717, 1.165) is 0 Å². The fourth-order valence-electron chi connectivity index (χ4n) is 1.78. The van der Waals surface area contributed by atoms with Crippen molar-refractivity contribution in [2.24, 2.45) is 0 Å². The summed E-state index contributed by atoms with van der Waals surface area (Å²) >= 11 is 11.9. The van der Waals surface area contributed by atoms with Crippen LogP contribution in [0.3, 0.4) is 0 Å². The van der Waals surface area contributed by atoms with Crippen LogP contribution in [0.2, 0.25) is 10.0 Å². The number of anilines is 2. The standard InChI is InChI=1S/C16H11Cl2N3O2/c17-12-2-1-3-13(18)16(12)21-15(23)8-14(22)20-11-6-4-10(9-19)5-7-11/h1-7H,8H2,(H,20,22)(H,21,23). The lowest BCUT2D eigenvalue weighted by atomic mass is 10.2. The van der Waals surface area contributed by atoms with Crippen molar-refractivity contribution in [1.29, 1.82) is 5.26 Å². The maximum atomic E-state index is 11.9. The molecule has 2 rings (SSSR count). The normalized spacial score (nSPS) is 9.78. The van der Waals surface area contributed by atoms with Crippen molar-refractivity contribution in [2.75, 3.05) is 10.6 Å². The Morgan fingerprint density at radius 3 is 2.09 bits per heavy atom. The average Bonchev–Trinajstić information content (AvgIpc) is 2.51. The third-order valence-corrected chi connectivity index (χ3v) is 3.48. The van der Waals surface area contributed by atoms with Crippen LogP contribution in [0.25, 0.3) is 0 Å². The van der Waals surface area contributed by atoms with Gasteiger partial charge in [0, 0.05) is 5.69 Å². The molecule has 2 aromatic carbocycles. The fourth-order valence-corrected chi connectivity index (χ4v) is 2.27. The van der Waals surface area contributed by atoms with Gasteiger partial charge in [0.2, 0.25) is 11.8 Å². The van der Waals surface area contributed by atoms with Crippen LogP contribution < -0.4 is 10.6 Å². The molecule has 116 valence electrons. The van der Waals surface area contributed by atoms with Crippen molar-refractivity contribution in [3.63, 3.8) is 0 Å². The molecule has 0 radical (unpaired) electrons. The van der Waals surface area contributed by atoms with Crippen LogP contribution >= 0.6 is 23.2 Å². The highest BCUT2D eigenvalue weighted by Crippen LogP contribution is 2.29. The summed E-state index contributed by atoms with van der Waals surface area (Å²) in [6.07, 6.45) is -0.387. The molecule has 0 aliphatic heterocycles. The third-order valence-electron chi connectivity index (χ3n) is 2.85. The largest absolute Gasteiger partial charge is 0.326 e. The first kappa shape index (κ1) is 16.8. The van der Waals surface area contributed by atoms with E-state index in [2.05, 4.69) is 10.6 Å². The Kier molecular flexibility index (Phi) is 5.58. The highest BCUT2D eigenvalue weighted by Gasteiger charge is 2.13. The van der Waals surface area contributed by atoms with Crippen LogP contribution in [0.1, 0.15) is 12.0 Å². The number of rotatable bonds is 4. The summed E-state index contributed by atoms with van der Waals surface area (Å²) in [5, 5.41) is 14.4. The van der Waals surface area contributed by atoms with Crippen LogP contribution in [0.5, 0.6) is 0 Å². The number of nitrogens with one attached hydrogen (secondary N) is 2. The minimum Gasteiger partial charge on any atom is -0.326 e. The number of carbonyl (C=O) groups excluding carboxylic acids is 2. The van der Waals surface area contributed by atoms with E-state index in [9.17, 15) is 9.59 Å². The Labute approximate surface area is 142 Å². The van der Waals surface area contributed by atoms with E-state index in [1.54, 1.807) is 42.5 Å². The Hall–Kier alpha value is -2.55. The number of hydrogen-bond donors (Lipinski definition) is 2. The van der Waals surface area contributed by atoms with Gasteiger partial charge in [0.25, 0.3) is 0 Å². The number of nitrogens with zero attached hydrogens (tertiary/aromatic N) is 1. The molecule has 0 bridgehead atoms. The van der Waals surface area contributed by atoms with Gasteiger partial charge < -0.3 is 10.6 Å². The third kappa shape index (κ3) is 4.71. The number of para-hydroxylation sites is 1. The Morgan fingerprint density at radius 1 is 0.957 bits per heavy atom. The maximum Gasteiger partial charge on any atom is 0.233 e. The van der Waals surface area contributed by atoms with Crippen molar-refractivity contribution in [3.05, 3.63) is 58.1 Å². The number of benzene rings is 2. The molecule has 0 aliphatic carbocycles. The zero-order chi connectivity index (χ0) is 16.8. The van der Waals surface area contributed by atoms with Gasteiger partial charge in [-0.3, -0.25) is 9.59 Å². The van der Waals surface area contributed by atoms with E-state index in [4.69, 9.17) is 28.5 Å². The van der Waals surface area contributed by atoms with Gasteiger partial charge in [0.15, 0.2) is 0 Å². The first-order valence-electron chi connectivity index (χ1n) is 6.53. The zero-order valence-corrected chi connectivity index (χ0v) is 13.3. The first-order chi connectivity index (χ1) is 11.0. The van der Waals surface area contributed by atoms with Crippen LogP contribution in [0.4, 0.5) is 11.4 Å². The van der Waals surface area contributed by atoms with Crippen molar-refractivity contribution in [3.8, 4) is 6.07 Å². The van der Waals surface area contributed by atoms with Gasteiger partial charge in [-0.2, -0.15) is 5.26 Å². The summed E-state index contributed by atoms with van der Waals surface area (Å²) in [7, 11) is 0. The molecule has 0 saturated carbocycles. The summed E-state index contributed by atoms with van der Waals surface area (Å²) in [5.41, 5.74) is 1.25. The number of carbonyl (C=O) groups is 2. The first-order valence-corrected chi connectivity index (χ1v) is 7.29. The second-order valence-electron chi connectivity index (χ2n) is 4.56. The molecule has 0 saturated heterocycles. The second-order valence-corrected chi connectivity index (χ2v) is 5.37. The van der Waals surface area contributed by atoms with Crippen molar-refractivity contribution in [1.82, 2.24) is 0 Å². The van der Waals surface area contributed by atoms with Crippen LogP contribution in [-0.2, 0) is 9.59 Å². The number of amides is 2. The molecule has 2 N–H and O–H groups in total. The summed E-state index contributed by atoms with van der Waals surface area (Å²) < 4.78 is 0. The van der Waals surface area contributed by atoms with Gasteiger partial charge in [-0.15, -0.1) is 0 Å². The molecule has 0 aliphatic rings. The van der Waals surface area contributed by atoms with E-state index in [1.807, 2.05) is 6.07 Å². The van der Waals surface area contributed by atoms with Gasteiger partial charge in [0.05, 0.1) is 27.4 Å². The molecule has 2 aromatic rings. The van der Waals surface area contributed by atoms with Crippen molar-refractivity contribution in [2.45, 2.75) is 6.42 Å². The Morgan fingerprint density at radius 2 is 1.52 bits per heavy atom. The lowest BCUT2D eigenvalue weighted by Gasteiger charge is -2.09. The molecule has 23 heavy (non-hydrogen) atoms. The summed E-state index contributed by atoms with van der Waals surface area (Å²) in [6, 6.07) is 13.1. The van der Waals surface area contributed by atoms with Crippen molar-refractivity contribution >= 4 is 46.4 Å². The number of hydrogen-bond acceptors (Lipinski definition) is 3. The molecule has 7 heteroatoms. The predicted molar refractivity (Wildman–Crippen MR) is 89.5 cm³/mol. The molecule has 5 nitrogen and oxygen atoms in total. The maximum absolute atomic E-state index is 11.9. The molecule has 0 spiro atoms. The minimum atomic E-state index is -0.536. The quantitative estimate of drug-likeness (QED) is 0.824. The lowest BCUT2D eigenvalue weighted by molar-refractivity contribution is -0.123. The molecule has 0 aromatic heterocycles. The molecular weight excluding hydrogens is 337 g/mol. The molecular formula is C16H11Cl2N3O2. The minimum absolute atomic E-state index is 0.270. The average molecular weight is 348 g/mol. The van der Waals surface area contributed by atoms with Crippen LogP contribution in [0.15, 0.2) is 42.5 Å². The number of halogens is 2. The Balaban J connectivity index is 1.94. The topological polar surface area (TPSA) is 82.0 Å². The van der Waals surface area contributed by atoms with E-state index in [-0.39, 0.29) is 12.1 Å². The summed E-state index contributed by atoms with van der Waals surface area (Å²) in [4.78, 5) is 23.7. The molecule has 2 amide bonds. The molecule has 0 heterocycles. The van der Waals surface area contributed by atoms with Gasteiger partial charge in [-0.05, 0) is 36.4 Å². The fraction of sp³-hybridized carbons (Fsp3) is 0.0625. The SMILES string of the molecule is N#Cc1ccc(NC(=O)CC(=O)Nc2c(Cl)cccc2Cl)cc1. The lowest BCUT2D eigenvalue weighted by Crippen LogP contribution is -2.21. The van der Waals surface area contributed by atoms with Gasteiger partial charge >= 0.3 is 0 Å².